The van der Waals surface area contributed by atoms with E-state index in [4.69, 9.17) is 18.9 Å². The van der Waals surface area contributed by atoms with E-state index in [1.807, 2.05) is 20.8 Å². The standard InChI is InChI=1S/C12H23NO5S/c1-12(2,3)18-10(14)13(4)5-6-15-9-7-16-11(19)17-8-9/h9,11,19H,5-8H2,1-4H3. The third kappa shape index (κ3) is 7.00. The molecule has 0 aliphatic carbocycles. The lowest BCUT2D eigenvalue weighted by atomic mass is 10.2. The summed E-state index contributed by atoms with van der Waals surface area (Å²) in [6.07, 6.45) is -0.474. The fourth-order valence-electron chi connectivity index (χ4n) is 1.36. The molecule has 0 bridgehead atoms. The van der Waals surface area contributed by atoms with E-state index in [2.05, 4.69) is 12.6 Å². The number of carbonyl (C=O) groups excluding carboxylic acids is 1. The molecular formula is C12H23NO5S. The van der Waals surface area contributed by atoms with Gasteiger partial charge < -0.3 is 23.8 Å². The maximum Gasteiger partial charge on any atom is 0.410 e. The summed E-state index contributed by atoms with van der Waals surface area (Å²) in [5.74, 6) is 0. The number of ether oxygens (including phenoxy) is 4. The fraction of sp³-hybridized carbons (Fsp3) is 0.917. The molecule has 1 aliphatic heterocycles. The van der Waals surface area contributed by atoms with E-state index in [9.17, 15) is 4.79 Å². The van der Waals surface area contributed by atoms with Crippen LogP contribution >= 0.6 is 12.6 Å². The van der Waals surface area contributed by atoms with E-state index >= 15 is 0 Å². The molecule has 7 heteroatoms. The third-order valence-electron chi connectivity index (χ3n) is 2.33. The Morgan fingerprint density at radius 3 is 2.47 bits per heavy atom. The van der Waals surface area contributed by atoms with E-state index in [-0.39, 0.29) is 12.2 Å². The molecule has 0 saturated carbocycles. The van der Waals surface area contributed by atoms with Gasteiger partial charge in [-0.25, -0.2) is 4.79 Å². The number of rotatable bonds is 4. The third-order valence-corrected chi connectivity index (χ3v) is 2.63. The quantitative estimate of drug-likeness (QED) is 0.796. The summed E-state index contributed by atoms with van der Waals surface area (Å²) in [6.45, 7) is 7.26. The molecular weight excluding hydrogens is 270 g/mol. The summed E-state index contributed by atoms with van der Waals surface area (Å²) >= 11 is 4.02. The second-order valence-corrected chi connectivity index (χ2v) is 5.79. The number of nitrogens with zero attached hydrogens (tertiary/aromatic N) is 1. The highest BCUT2D eigenvalue weighted by Crippen LogP contribution is 2.11. The lowest BCUT2D eigenvalue weighted by Crippen LogP contribution is -2.39. The normalized spacial score (nSPS) is 24.1. The first kappa shape index (κ1) is 16.6. The smallest absolute Gasteiger partial charge is 0.410 e. The minimum atomic E-state index is -0.487. The highest BCUT2D eigenvalue weighted by Gasteiger charge is 2.22. The lowest BCUT2D eigenvalue weighted by Gasteiger charge is -2.28. The number of likely N-dealkylation sites (N-methyl/N-ethyl adjacent to an activating group) is 1. The molecule has 19 heavy (non-hydrogen) atoms. The van der Waals surface area contributed by atoms with Gasteiger partial charge in [0.25, 0.3) is 0 Å². The van der Waals surface area contributed by atoms with Crippen molar-refractivity contribution >= 4 is 18.7 Å². The highest BCUT2D eigenvalue weighted by molar-refractivity contribution is 7.80. The largest absolute Gasteiger partial charge is 0.444 e. The summed E-state index contributed by atoms with van der Waals surface area (Å²) in [5.41, 5.74) is -0.956. The Morgan fingerprint density at radius 1 is 1.37 bits per heavy atom. The Labute approximate surface area is 119 Å². The van der Waals surface area contributed by atoms with Gasteiger partial charge in [-0.15, -0.1) is 12.6 Å². The van der Waals surface area contributed by atoms with Gasteiger partial charge in [0.1, 0.15) is 11.7 Å². The van der Waals surface area contributed by atoms with Crippen molar-refractivity contribution < 1.29 is 23.7 Å². The van der Waals surface area contributed by atoms with Crippen LogP contribution in [0.1, 0.15) is 20.8 Å². The first-order chi connectivity index (χ1) is 8.78. The Balaban J connectivity index is 2.16. The van der Waals surface area contributed by atoms with Crippen molar-refractivity contribution in [3.63, 3.8) is 0 Å². The molecule has 0 unspecified atom stereocenters. The van der Waals surface area contributed by atoms with Crippen LogP contribution in [-0.4, -0.2) is 61.7 Å². The van der Waals surface area contributed by atoms with Gasteiger partial charge in [0.05, 0.1) is 19.8 Å². The zero-order chi connectivity index (χ0) is 14.5. The van der Waals surface area contributed by atoms with E-state index in [1.165, 1.54) is 4.90 Å². The van der Waals surface area contributed by atoms with Crippen molar-refractivity contribution in [2.45, 2.75) is 38.1 Å². The van der Waals surface area contributed by atoms with Crippen LogP contribution in [0.5, 0.6) is 0 Å². The molecule has 0 aromatic heterocycles. The summed E-state index contributed by atoms with van der Waals surface area (Å²) in [5, 5.41) is 0. The molecule has 1 saturated heterocycles. The van der Waals surface area contributed by atoms with Crippen LogP contribution in [-0.2, 0) is 18.9 Å². The predicted molar refractivity (Wildman–Crippen MR) is 73.3 cm³/mol. The SMILES string of the molecule is CN(CCOC1COC(S)OC1)C(=O)OC(C)(C)C. The molecule has 1 rings (SSSR count). The molecule has 0 atom stereocenters. The Morgan fingerprint density at radius 2 is 1.95 bits per heavy atom. The minimum absolute atomic E-state index is 0.115. The molecule has 1 heterocycles. The number of thiol groups is 1. The van der Waals surface area contributed by atoms with Gasteiger partial charge in [-0.2, -0.15) is 0 Å². The number of hydrogen-bond acceptors (Lipinski definition) is 6. The van der Waals surface area contributed by atoms with Gasteiger partial charge >= 0.3 is 6.09 Å². The van der Waals surface area contributed by atoms with E-state index in [0.717, 1.165) is 0 Å². The van der Waals surface area contributed by atoms with Crippen LogP contribution in [0, 0.1) is 0 Å². The number of carbonyl (C=O) groups is 1. The van der Waals surface area contributed by atoms with E-state index in [0.29, 0.717) is 26.4 Å². The molecule has 6 nitrogen and oxygen atoms in total. The van der Waals surface area contributed by atoms with Crippen molar-refractivity contribution in [3.05, 3.63) is 0 Å². The predicted octanol–water partition coefficient (Wildman–Crippen LogP) is 1.50. The van der Waals surface area contributed by atoms with Crippen molar-refractivity contribution in [2.75, 3.05) is 33.4 Å². The van der Waals surface area contributed by atoms with Gasteiger partial charge in [0.2, 0.25) is 5.62 Å². The summed E-state index contributed by atoms with van der Waals surface area (Å²) in [7, 11) is 1.68. The first-order valence-corrected chi connectivity index (χ1v) is 6.76. The number of hydrogen-bond donors (Lipinski definition) is 1. The molecule has 0 aromatic carbocycles. The monoisotopic (exact) mass is 293 g/mol. The Hall–Kier alpha value is -0.500. The molecule has 0 spiro atoms. The van der Waals surface area contributed by atoms with Gasteiger partial charge in [-0.1, -0.05) is 0 Å². The van der Waals surface area contributed by atoms with Crippen LogP contribution in [0.2, 0.25) is 0 Å². The van der Waals surface area contributed by atoms with Crippen LogP contribution < -0.4 is 0 Å². The van der Waals surface area contributed by atoms with Gasteiger partial charge in [-0.05, 0) is 20.8 Å². The van der Waals surface area contributed by atoms with E-state index < -0.39 is 11.2 Å². The van der Waals surface area contributed by atoms with Crippen molar-refractivity contribution in [1.29, 1.82) is 0 Å². The number of amides is 1. The fourth-order valence-corrected chi connectivity index (χ4v) is 1.53. The highest BCUT2D eigenvalue weighted by atomic mass is 32.1. The van der Waals surface area contributed by atoms with E-state index in [1.54, 1.807) is 7.05 Å². The zero-order valence-corrected chi connectivity index (χ0v) is 12.8. The van der Waals surface area contributed by atoms with Crippen LogP contribution in [0.15, 0.2) is 0 Å². The molecule has 1 aliphatic rings. The topological polar surface area (TPSA) is 57.2 Å². The van der Waals surface area contributed by atoms with Gasteiger partial charge in [-0.3, -0.25) is 0 Å². The van der Waals surface area contributed by atoms with Crippen LogP contribution in [0.25, 0.3) is 0 Å². The average molecular weight is 293 g/mol. The average Bonchev–Trinajstić information content (AvgIpc) is 2.29. The summed E-state index contributed by atoms with van der Waals surface area (Å²) < 4.78 is 21.1. The molecule has 0 radical (unpaired) electrons. The molecule has 1 amide bonds. The maximum atomic E-state index is 11.7. The molecule has 0 N–H and O–H groups in total. The van der Waals surface area contributed by atoms with Crippen molar-refractivity contribution in [1.82, 2.24) is 4.90 Å². The summed E-state index contributed by atoms with van der Waals surface area (Å²) in [6, 6.07) is 0. The summed E-state index contributed by atoms with van der Waals surface area (Å²) in [4.78, 5) is 13.2. The Kier molecular flexibility index (Phi) is 6.38. The molecule has 1 fully saturated rings. The zero-order valence-electron chi connectivity index (χ0n) is 11.9. The first-order valence-electron chi connectivity index (χ1n) is 6.25. The lowest BCUT2D eigenvalue weighted by molar-refractivity contribution is -0.185. The second kappa shape index (κ2) is 7.33. The van der Waals surface area contributed by atoms with Gasteiger partial charge in [0.15, 0.2) is 0 Å². The minimum Gasteiger partial charge on any atom is -0.444 e. The molecule has 0 aromatic rings. The Bertz CT molecular complexity index is 286. The van der Waals surface area contributed by atoms with Gasteiger partial charge in [0, 0.05) is 13.6 Å². The molecule has 112 valence electrons. The van der Waals surface area contributed by atoms with Crippen LogP contribution in [0.4, 0.5) is 4.79 Å². The van der Waals surface area contributed by atoms with Crippen LogP contribution in [0.3, 0.4) is 0 Å². The van der Waals surface area contributed by atoms with Crippen molar-refractivity contribution in [3.8, 4) is 0 Å². The van der Waals surface area contributed by atoms with Crippen molar-refractivity contribution in [2.24, 2.45) is 0 Å². The second-order valence-electron chi connectivity index (χ2n) is 5.37. The maximum absolute atomic E-state index is 11.7.